The van der Waals surface area contributed by atoms with Crippen LogP contribution in [-0.4, -0.2) is 34.5 Å². The number of rotatable bonds is 7. The molecule has 0 saturated carbocycles. The maximum atomic E-state index is 10.7. The molecule has 0 radical (unpaired) electrons. The molecule has 0 amide bonds. The third-order valence-electron chi connectivity index (χ3n) is 3.13. The van der Waals surface area contributed by atoms with E-state index in [0.29, 0.717) is 13.0 Å². The molecule has 1 rings (SSSR count). The molecule has 0 bridgehead atoms. The molecule has 0 aliphatic carbocycles. The van der Waals surface area contributed by atoms with Crippen LogP contribution in [0.1, 0.15) is 31.4 Å². The number of non-ortho nitro benzene ring substituents is 1. The number of nitro groups is 1. The molecular formula is C13H18N2O4. The molecular weight excluding hydrogens is 248 g/mol. The third-order valence-corrected chi connectivity index (χ3v) is 3.13. The van der Waals surface area contributed by atoms with Crippen LogP contribution in [0.15, 0.2) is 24.3 Å². The monoisotopic (exact) mass is 266 g/mol. The Morgan fingerprint density at radius 1 is 1.53 bits per heavy atom. The Morgan fingerprint density at radius 2 is 2.21 bits per heavy atom. The number of benzene rings is 1. The lowest BCUT2D eigenvalue weighted by Crippen LogP contribution is -2.24. The molecule has 0 aromatic heterocycles. The van der Waals surface area contributed by atoms with E-state index in [-0.39, 0.29) is 18.2 Å². The molecule has 0 aliphatic heterocycles. The molecule has 6 nitrogen and oxygen atoms in total. The second kappa shape index (κ2) is 6.84. The van der Waals surface area contributed by atoms with E-state index in [2.05, 4.69) is 0 Å². The fourth-order valence-corrected chi connectivity index (χ4v) is 1.83. The van der Waals surface area contributed by atoms with Gasteiger partial charge in [-0.3, -0.25) is 19.8 Å². The highest BCUT2D eigenvalue weighted by molar-refractivity contribution is 5.66. The second-order valence-electron chi connectivity index (χ2n) is 4.51. The summed E-state index contributed by atoms with van der Waals surface area (Å²) in [6.45, 7) is 2.58. The van der Waals surface area contributed by atoms with Gasteiger partial charge in [0.05, 0.1) is 4.92 Å². The van der Waals surface area contributed by atoms with E-state index in [1.807, 2.05) is 24.9 Å². The zero-order chi connectivity index (χ0) is 14.4. The Morgan fingerprint density at radius 3 is 2.79 bits per heavy atom. The maximum Gasteiger partial charge on any atom is 0.303 e. The van der Waals surface area contributed by atoms with Gasteiger partial charge in [-0.2, -0.15) is 0 Å². The van der Waals surface area contributed by atoms with Gasteiger partial charge in [0.15, 0.2) is 0 Å². The van der Waals surface area contributed by atoms with Crippen LogP contribution in [-0.2, 0) is 4.79 Å². The van der Waals surface area contributed by atoms with Crippen molar-refractivity contribution >= 4 is 11.7 Å². The van der Waals surface area contributed by atoms with Gasteiger partial charge in [-0.1, -0.05) is 12.1 Å². The number of nitrogens with zero attached hydrogens (tertiary/aromatic N) is 2. The Bertz CT molecular complexity index is 462. The summed E-state index contributed by atoms with van der Waals surface area (Å²) in [5, 5.41) is 19.3. The van der Waals surface area contributed by atoms with Crippen LogP contribution in [0.25, 0.3) is 0 Å². The highest BCUT2D eigenvalue weighted by Gasteiger charge is 2.14. The highest BCUT2D eigenvalue weighted by Crippen LogP contribution is 2.23. The summed E-state index contributed by atoms with van der Waals surface area (Å²) in [6, 6.07) is 6.52. The molecule has 104 valence electrons. The van der Waals surface area contributed by atoms with Gasteiger partial charge in [0, 0.05) is 24.6 Å². The van der Waals surface area contributed by atoms with Crippen LogP contribution in [0.4, 0.5) is 5.69 Å². The smallest absolute Gasteiger partial charge is 0.303 e. The first kappa shape index (κ1) is 15.1. The topological polar surface area (TPSA) is 83.7 Å². The van der Waals surface area contributed by atoms with Gasteiger partial charge in [0.25, 0.3) is 5.69 Å². The summed E-state index contributed by atoms with van der Waals surface area (Å²) >= 11 is 0. The predicted molar refractivity (Wildman–Crippen MR) is 71.0 cm³/mol. The highest BCUT2D eigenvalue weighted by atomic mass is 16.6. The minimum absolute atomic E-state index is 0.00805. The van der Waals surface area contributed by atoms with Crippen molar-refractivity contribution in [2.45, 2.75) is 25.8 Å². The lowest BCUT2D eigenvalue weighted by molar-refractivity contribution is -0.384. The van der Waals surface area contributed by atoms with Crippen LogP contribution < -0.4 is 0 Å². The number of hydrogen-bond donors (Lipinski definition) is 1. The van der Waals surface area contributed by atoms with Gasteiger partial charge in [-0.05, 0) is 32.5 Å². The van der Waals surface area contributed by atoms with Crippen molar-refractivity contribution in [2.24, 2.45) is 0 Å². The van der Waals surface area contributed by atoms with Crippen molar-refractivity contribution < 1.29 is 14.8 Å². The van der Waals surface area contributed by atoms with E-state index >= 15 is 0 Å². The summed E-state index contributed by atoms with van der Waals surface area (Å²) in [6.07, 6.45) is 0.692. The van der Waals surface area contributed by atoms with E-state index in [4.69, 9.17) is 5.11 Å². The van der Waals surface area contributed by atoms with Gasteiger partial charge in [0.2, 0.25) is 0 Å². The van der Waals surface area contributed by atoms with Crippen LogP contribution in [0.3, 0.4) is 0 Å². The van der Waals surface area contributed by atoms with E-state index in [9.17, 15) is 14.9 Å². The molecule has 0 aliphatic rings. The van der Waals surface area contributed by atoms with Crippen LogP contribution in [0, 0.1) is 10.1 Å². The van der Waals surface area contributed by atoms with Crippen LogP contribution >= 0.6 is 0 Å². The second-order valence-corrected chi connectivity index (χ2v) is 4.51. The third kappa shape index (κ3) is 4.67. The number of nitro benzene ring substituents is 1. The number of hydrogen-bond acceptors (Lipinski definition) is 4. The average Bonchev–Trinajstić information content (AvgIpc) is 2.37. The Balaban J connectivity index is 2.65. The quantitative estimate of drug-likeness (QED) is 0.605. The Kier molecular flexibility index (Phi) is 5.44. The van der Waals surface area contributed by atoms with Crippen molar-refractivity contribution in [2.75, 3.05) is 13.6 Å². The maximum absolute atomic E-state index is 10.7. The normalized spacial score (nSPS) is 12.4. The van der Waals surface area contributed by atoms with Crippen molar-refractivity contribution in [1.82, 2.24) is 4.90 Å². The van der Waals surface area contributed by atoms with Crippen molar-refractivity contribution in [1.29, 1.82) is 0 Å². The molecule has 1 unspecified atom stereocenters. The summed E-state index contributed by atoms with van der Waals surface area (Å²) in [4.78, 5) is 22.7. The molecule has 1 aromatic carbocycles. The molecule has 0 saturated heterocycles. The van der Waals surface area contributed by atoms with Gasteiger partial charge >= 0.3 is 5.97 Å². The van der Waals surface area contributed by atoms with E-state index in [1.54, 1.807) is 12.1 Å². The van der Waals surface area contributed by atoms with E-state index in [1.165, 1.54) is 6.07 Å². The van der Waals surface area contributed by atoms with Crippen LogP contribution in [0.5, 0.6) is 0 Å². The lowest BCUT2D eigenvalue weighted by Gasteiger charge is -2.24. The lowest BCUT2D eigenvalue weighted by atomic mass is 10.1. The van der Waals surface area contributed by atoms with Gasteiger partial charge in [-0.15, -0.1) is 0 Å². The standard InChI is InChI=1S/C13H18N2O4/c1-10(14(2)8-4-7-13(16)17)11-5-3-6-12(9-11)15(18)19/h3,5-6,9-10H,4,7-8H2,1-2H3,(H,16,17). The summed E-state index contributed by atoms with van der Waals surface area (Å²) < 4.78 is 0. The first-order valence-electron chi connectivity index (χ1n) is 6.08. The van der Waals surface area contributed by atoms with E-state index < -0.39 is 10.9 Å². The molecule has 0 spiro atoms. The average molecular weight is 266 g/mol. The largest absolute Gasteiger partial charge is 0.481 e. The van der Waals surface area contributed by atoms with Crippen molar-refractivity contribution in [3.05, 3.63) is 39.9 Å². The number of carboxylic acids is 1. The number of aliphatic carboxylic acids is 1. The number of carbonyl (C=O) groups is 1. The minimum Gasteiger partial charge on any atom is -0.481 e. The predicted octanol–water partition coefficient (Wildman–Crippen LogP) is 2.45. The molecule has 1 aromatic rings. The number of carboxylic acid groups (broad SMARTS) is 1. The first-order valence-corrected chi connectivity index (χ1v) is 6.08. The SMILES string of the molecule is CC(c1cccc([N+](=O)[O-])c1)N(C)CCCC(=O)O. The molecule has 0 fully saturated rings. The van der Waals surface area contributed by atoms with Gasteiger partial charge < -0.3 is 5.11 Å². The minimum atomic E-state index is -0.809. The molecule has 19 heavy (non-hydrogen) atoms. The summed E-state index contributed by atoms with van der Waals surface area (Å²) in [5.41, 5.74) is 0.926. The molecule has 1 N–H and O–H groups in total. The Labute approximate surface area is 111 Å². The zero-order valence-corrected chi connectivity index (χ0v) is 11.1. The molecule has 0 heterocycles. The first-order chi connectivity index (χ1) is 8.91. The molecule has 6 heteroatoms. The molecule has 1 atom stereocenters. The fourth-order valence-electron chi connectivity index (χ4n) is 1.83. The zero-order valence-electron chi connectivity index (χ0n) is 11.1. The summed E-state index contributed by atoms with van der Waals surface area (Å²) in [5.74, 6) is -0.809. The van der Waals surface area contributed by atoms with E-state index in [0.717, 1.165) is 5.56 Å². The van der Waals surface area contributed by atoms with Gasteiger partial charge in [0.1, 0.15) is 0 Å². The van der Waals surface area contributed by atoms with Gasteiger partial charge in [-0.25, -0.2) is 0 Å². The fraction of sp³-hybridized carbons (Fsp3) is 0.462. The van der Waals surface area contributed by atoms with Crippen LogP contribution in [0.2, 0.25) is 0 Å². The Hall–Kier alpha value is -1.95. The van der Waals surface area contributed by atoms with Crippen molar-refractivity contribution in [3.8, 4) is 0 Å². The summed E-state index contributed by atoms with van der Waals surface area (Å²) in [7, 11) is 1.88. The van der Waals surface area contributed by atoms with Crippen molar-refractivity contribution in [3.63, 3.8) is 0 Å².